The highest BCUT2D eigenvalue weighted by Crippen LogP contribution is 2.49. The minimum Gasteiger partial charge on any atom is -0.467 e. The van der Waals surface area contributed by atoms with Gasteiger partial charge in [-0.15, -0.1) is 0 Å². The zero-order chi connectivity index (χ0) is 33.0. The fourth-order valence-electron chi connectivity index (χ4n) is 5.85. The third-order valence-corrected chi connectivity index (χ3v) is 14.0. The van der Waals surface area contributed by atoms with Gasteiger partial charge in [-0.25, -0.2) is 14.4 Å². The number of hydrogen-bond acceptors (Lipinski definition) is 11. The lowest BCUT2D eigenvalue weighted by atomic mass is 9.85. The van der Waals surface area contributed by atoms with Gasteiger partial charge < -0.3 is 23.4 Å². The van der Waals surface area contributed by atoms with Crippen molar-refractivity contribution in [2.45, 2.75) is 134 Å². The number of esters is 1. The van der Waals surface area contributed by atoms with Crippen LogP contribution in [0.5, 0.6) is 0 Å². The Kier molecular flexibility index (Phi) is 9.73. The normalized spacial score (nSPS) is 28.5. The van der Waals surface area contributed by atoms with Crippen molar-refractivity contribution in [2.75, 3.05) is 26.6 Å². The monoisotopic (exact) mass is 650 g/mol. The predicted molar refractivity (Wildman–Crippen MR) is 159 cm³/mol. The topological polar surface area (TPSA) is 147 Å². The fourth-order valence-corrected chi connectivity index (χ4v) is 7.52. The van der Waals surface area contributed by atoms with Crippen LogP contribution in [0.3, 0.4) is 0 Å². The summed E-state index contributed by atoms with van der Waals surface area (Å²) in [6.45, 7) is 18.9. The minimum atomic E-state index is -3.87. The largest absolute Gasteiger partial charge is 0.467 e. The molecule has 3 heterocycles. The Bertz CT molecular complexity index is 1190. The molecule has 0 aliphatic carbocycles. The van der Waals surface area contributed by atoms with Gasteiger partial charge in [0.15, 0.2) is 20.0 Å². The Hall–Kier alpha value is -1.94. The summed E-state index contributed by atoms with van der Waals surface area (Å²) in [5, 5.41) is -0.126. The van der Waals surface area contributed by atoms with Crippen LogP contribution >= 0.6 is 0 Å². The van der Waals surface area contributed by atoms with Crippen molar-refractivity contribution < 1.29 is 50.4 Å². The van der Waals surface area contributed by atoms with Crippen molar-refractivity contribution in [1.29, 1.82) is 0 Å². The first kappa shape index (κ1) is 35.5. The number of rotatable bonds is 9. The molecular weight excluding hydrogens is 600 g/mol. The van der Waals surface area contributed by atoms with Gasteiger partial charge in [0.1, 0.15) is 23.5 Å². The second kappa shape index (κ2) is 11.8. The molecule has 0 aromatic rings. The van der Waals surface area contributed by atoms with Crippen molar-refractivity contribution in [3.05, 3.63) is 0 Å². The van der Waals surface area contributed by atoms with E-state index in [1.54, 1.807) is 34.6 Å². The first-order valence-electron chi connectivity index (χ1n) is 14.6. The SMILES string of the molecule is COC(=O)[C@]12CC[C@H](C[C@H](CO[Si](C)(C)C(C)(C)C)OS(C)(=O)=O)N1C(=O)O[C@H]2[C@@H]1COC(C)(C)N1C(=O)OC(C)(C)C. The van der Waals surface area contributed by atoms with Crippen LogP contribution in [0.1, 0.15) is 74.7 Å². The average molecular weight is 651 g/mol. The Balaban J connectivity index is 1.96. The lowest BCUT2D eigenvalue weighted by molar-refractivity contribution is -0.156. The third-order valence-electron chi connectivity index (χ3n) is 8.83. The molecule has 248 valence electrons. The number of hydrogen-bond donors (Lipinski definition) is 0. The molecule has 3 fully saturated rings. The highest BCUT2D eigenvalue weighted by Gasteiger charge is 2.70. The minimum absolute atomic E-state index is 0.00528. The van der Waals surface area contributed by atoms with Crippen molar-refractivity contribution in [2.24, 2.45) is 0 Å². The molecule has 0 aromatic carbocycles. The van der Waals surface area contributed by atoms with E-state index < -0.39 is 77.7 Å². The molecule has 3 aliphatic rings. The quantitative estimate of drug-likeness (QED) is 0.154. The number of nitrogens with zero attached hydrogens (tertiary/aromatic N) is 2. The van der Waals surface area contributed by atoms with E-state index in [1.165, 1.54) is 16.9 Å². The number of fused-ring (bicyclic) bond motifs is 1. The van der Waals surface area contributed by atoms with E-state index in [2.05, 4.69) is 20.8 Å². The van der Waals surface area contributed by atoms with E-state index >= 15 is 0 Å². The molecule has 0 spiro atoms. The van der Waals surface area contributed by atoms with Gasteiger partial charge in [-0.05, 0) is 72.0 Å². The van der Waals surface area contributed by atoms with Crippen molar-refractivity contribution in [1.82, 2.24) is 9.80 Å². The van der Waals surface area contributed by atoms with Gasteiger partial charge in [0, 0.05) is 6.04 Å². The highest BCUT2D eigenvalue weighted by molar-refractivity contribution is 7.86. The lowest BCUT2D eigenvalue weighted by Crippen LogP contribution is -2.63. The lowest BCUT2D eigenvalue weighted by Gasteiger charge is -2.40. The third kappa shape index (κ3) is 7.31. The van der Waals surface area contributed by atoms with E-state index in [-0.39, 0.29) is 31.1 Å². The second-order valence-corrected chi connectivity index (χ2v) is 21.1. The van der Waals surface area contributed by atoms with Gasteiger partial charge in [-0.2, -0.15) is 8.42 Å². The maximum absolute atomic E-state index is 13.6. The summed E-state index contributed by atoms with van der Waals surface area (Å²) in [4.78, 5) is 43.3. The van der Waals surface area contributed by atoms with Gasteiger partial charge >= 0.3 is 18.2 Å². The molecule has 0 unspecified atom stereocenters. The summed E-state index contributed by atoms with van der Waals surface area (Å²) in [7, 11) is -4.92. The predicted octanol–water partition coefficient (Wildman–Crippen LogP) is 4.01. The Morgan fingerprint density at radius 1 is 1.14 bits per heavy atom. The molecule has 3 saturated heterocycles. The summed E-state index contributed by atoms with van der Waals surface area (Å²) in [5.41, 5.74) is -3.50. The molecule has 0 bridgehead atoms. The van der Waals surface area contributed by atoms with Crippen molar-refractivity contribution >= 4 is 36.6 Å². The van der Waals surface area contributed by atoms with Crippen LogP contribution < -0.4 is 0 Å². The molecule has 5 atom stereocenters. The summed E-state index contributed by atoms with van der Waals surface area (Å²) in [6.07, 6.45) is -1.95. The Morgan fingerprint density at radius 2 is 1.74 bits per heavy atom. The van der Waals surface area contributed by atoms with Crippen molar-refractivity contribution in [3.8, 4) is 0 Å². The van der Waals surface area contributed by atoms with E-state index in [9.17, 15) is 22.8 Å². The van der Waals surface area contributed by atoms with Crippen LogP contribution in [0.25, 0.3) is 0 Å². The van der Waals surface area contributed by atoms with Gasteiger partial charge in [-0.3, -0.25) is 14.0 Å². The molecule has 13 nitrogen and oxygen atoms in total. The summed E-state index contributed by atoms with van der Waals surface area (Å²) in [6, 6.07) is -1.49. The summed E-state index contributed by atoms with van der Waals surface area (Å²) in [5.74, 6) is -0.696. The van der Waals surface area contributed by atoms with Crippen molar-refractivity contribution in [3.63, 3.8) is 0 Å². The van der Waals surface area contributed by atoms with Gasteiger partial charge in [-0.1, -0.05) is 20.8 Å². The van der Waals surface area contributed by atoms with Crippen LogP contribution in [0.2, 0.25) is 18.1 Å². The smallest absolute Gasteiger partial charge is 0.413 e. The average Bonchev–Trinajstić information content (AvgIpc) is 3.44. The van der Waals surface area contributed by atoms with E-state index in [4.69, 9.17) is 27.6 Å². The molecule has 15 heteroatoms. The zero-order valence-corrected chi connectivity index (χ0v) is 29.5. The highest BCUT2D eigenvalue weighted by atomic mass is 32.2. The molecule has 3 aliphatic heterocycles. The van der Waals surface area contributed by atoms with Gasteiger partial charge in [0.05, 0.1) is 26.6 Å². The number of methoxy groups -OCH3 is 1. The molecule has 0 aromatic heterocycles. The Labute approximate surface area is 257 Å². The van der Waals surface area contributed by atoms with Gasteiger partial charge in [0.25, 0.3) is 10.1 Å². The molecule has 3 rings (SSSR count). The van der Waals surface area contributed by atoms with E-state index in [0.717, 1.165) is 6.26 Å². The van der Waals surface area contributed by atoms with Gasteiger partial charge in [0.2, 0.25) is 0 Å². The molecule has 43 heavy (non-hydrogen) atoms. The number of carbonyl (C=O) groups is 3. The standard InChI is InChI=1S/C28H50N2O11SSi/c1-25(2,3)40-24(33)30-20(17-37-27(30,7)8)21-28(22(31)36-9)14-13-18(29(28)23(32)39-21)15-19(41-42(10,34)35)16-38-43(11,12)26(4,5)6/h18-21H,13-17H2,1-12H3/t18-,19-,20+,21+,28-/m1/s1. The first-order chi connectivity index (χ1) is 19.4. The zero-order valence-electron chi connectivity index (χ0n) is 27.6. The summed E-state index contributed by atoms with van der Waals surface area (Å²) >= 11 is 0. The first-order valence-corrected chi connectivity index (χ1v) is 19.4. The van der Waals surface area contributed by atoms with E-state index in [0.29, 0.717) is 6.42 Å². The molecule has 0 saturated carbocycles. The maximum atomic E-state index is 13.6. The molecule has 0 radical (unpaired) electrons. The number of ether oxygens (including phenoxy) is 4. The number of cyclic esters (lactones) is 1. The number of amides is 2. The summed E-state index contributed by atoms with van der Waals surface area (Å²) < 4.78 is 58.9. The van der Waals surface area contributed by atoms with Crippen LogP contribution in [-0.2, 0) is 42.5 Å². The Morgan fingerprint density at radius 3 is 2.26 bits per heavy atom. The number of carbonyl (C=O) groups excluding carboxylic acids is 3. The van der Waals surface area contributed by atoms with Crippen LogP contribution in [0.4, 0.5) is 9.59 Å². The maximum Gasteiger partial charge on any atom is 0.413 e. The fraction of sp³-hybridized carbons (Fsp3) is 0.893. The molecule has 2 amide bonds. The van der Waals surface area contributed by atoms with Crippen LogP contribution in [0, 0.1) is 0 Å². The molecular formula is C28H50N2O11SSi. The van der Waals surface area contributed by atoms with Crippen LogP contribution in [0.15, 0.2) is 0 Å². The van der Waals surface area contributed by atoms with E-state index in [1.807, 2.05) is 13.1 Å². The van der Waals surface area contributed by atoms with Crippen LogP contribution in [-0.4, -0.2) is 112 Å². The second-order valence-electron chi connectivity index (χ2n) is 14.7. The molecule has 0 N–H and O–H groups in total.